The molecule has 406 valence electrons. The zero-order chi connectivity index (χ0) is 57.4. The number of aromatic amines is 2. The van der Waals surface area contributed by atoms with Crippen molar-refractivity contribution in [2.75, 3.05) is 0 Å². The molecule has 2 N–H and O–H groups in total. The molecule has 0 spiro atoms. The number of hydrogen-bond acceptors (Lipinski definition) is 4. The number of aromatic nitrogens is 5. The van der Waals surface area contributed by atoms with Gasteiger partial charge in [0.05, 0.1) is 22.8 Å². The van der Waals surface area contributed by atoms with Crippen molar-refractivity contribution in [1.29, 1.82) is 0 Å². The maximum absolute atomic E-state index is 7.71. The molecule has 81 heavy (non-hydrogen) atoms. The molecular formula is C75H75N5O. The Labute approximate surface area is 479 Å². The average Bonchev–Trinajstić information content (AvgIpc) is 4.37. The van der Waals surface area contributed by atoms with Gasteiger partial charge in [-0.3, -0.25) is 4.98 Å². The van der Waals surface area contributed by atoms with Crippen molar-refractivity contribution in [2.45, 2.75) is 134 Å². The second-order valence-electron chi connectivity index (χ2n) is 26.1. The number of hydrogen-bond donors (Lipinski definition) is 2. The summed E-state index contributed by atoms with van der Waals surface area (Å²) in [7, 11) is 0. The Morgan fingerprint density at radius 1 is 0.407 bits per heavy atom. The highest BCUT2D eigenvalue weighted by Gasteiger charge is 2.40. The first-order chi connectivity index (χ1) is 38.3. The van der Waals surface area contributed by atoms with Crippen LogP contribution in [0.2, 0.25) is 0 Å². The number of benzene rings is 5. The number of H-pyrrole nitrogens is 2. The molecule has 0 saturated carbocycles. The van der Waals surface area contributed by atoms with Gasteiger partial charge < -0.3 is 14.7 Å². The molecule has 0 aliphatic carbocycles. The minimum absolute atomic E-state index is 0.120. The van der Waals surface area contributed by atoms with Gasteiger partial charge in [-0.1, -0.05) is 127 Å². The van der Waals surface area contributed by atoms with Crippen molar-refractivity contribution >= 4 is 46.4 Å². The molecule has 0 unspecified atom stereocenters. The molecule has 0 amide bonds. The van der Waals surface area contributed by atoms with E-state index in [1.807, 2.05) is 18.5 Å². The van der Waals surface area contributed by atoms with Gasteiger partial charge in [-0.15, -0.1) is 0 Å². The van der Waals surface area contributed by atoms with Crippen LogP contribution in [0.25, 0.3) is 102 Å². The van der Waals surface area contributed by atoms with Gasteiger partial charge in [-0.2, -0.15) is 0 Å². The third-order valence-corrected chi connectivity index (χ3v) is 17.2. The molecular weight excluding hydrogens is 987 g/mol. The van der Waals surface area contributed by atoms with E-state index in [0.717, 1.165) is 118 Å². The Bertz CT molecular complexity index is 4260. The molecule has 9 aromatic rings. The first-order valence-corrected chi connectivity index (χ1v) is 28.7. The van der Waals surface area contributed by atoms with Crippen LogP contribution in [0.15, 0.2) is 109 Å². The Morgan fingerprint density at radius 3 is 1.11 bits per heavy atom. The zero-order valence-corrected chi connectivity index (χ0v) is 50.5. The van der Waals surface area contributed by atoms with Crippen LogP contribution in [0.3, 0.4) is 0 Å². The summed E-state index contributed by atoms with van der Waals surface area (Å²) in [4.78, 5) is 24.5. The smallest absolute Gasteiger partial charge is 0.139 e. The number of nitrogens with one attached hydrogen (secondary N) is 2. The van der Waals surface area contributed by atoms with Crippen LogP contribution >= 0.6 is 0 Å². The Hall–Kier alpha value is -8.35. The number of aryl methyl sites for hydroxylation is 9. The van der Waals surface area contributed by atoms with Gasteiger partial charge in [0.2, 0.25) is 0 Å². The van der Waals surface area contributed by atoms with Gasteiger partial charge in [0.15, 0.2) is 0 Å². The molecule has 0 atom stereocenters. The fourth-order valence-electron chi connectivity index (χ4n) is 13.4. The number of rotatable bonds is 5. The minimum Gasteiger partial charge on any atom is -0.455 e. The first kappa shape index (κ1) is 53.3. The largest absolute Gasteiger partial charge is 0.455 e. The van der Waals surface area contributed by atoms with Crippen LogP contribution in [-0.2, 0) is 16.2 Å². The van der Waals surface area contributed by atoms with Gasteiger partial charge in [0.25, 0.3) is 0 Å². The van der Waals surface area contributed by atoms with E-state index in [0.29, 0.717) is 0 Å². The topological polar surface area (TPSA) is 79.5 Å². The molecule has 8 bridgehead atoms. The lowest BCUT2D eigenvalue weighted by atomic mass is 9.70. The van der Waals surface area contributed by atoms with Crippen molar-refractivity contribution in [3.63, 3.8) is 0 Å². The molecule has 0 radical (unpaired) electrons. The van der Waals surface area contributed by atoms with Crippen molar-refractivity contribution in [3.05, 3.63) is 205 Å². The number of ether oxygens (including phenoxy) is 1. The fourth-order valence-corrected chi connectivity index (χ4v) is 13.4. The molecule has 7 heterocycles. The lowest BCUT2D eigenvalue weighted by molar-refractivity contribution is 0.418. The normalized spacial score (nSPS) is 13.6. The van der Waals surface area contributed by atoms with E-state index in [-0.39, 0.29) is 10.8 Å². The summed E-state index contributed by atoms with van der Waals surface area (Å²) in [5.41, 5.74) is 32.8. The van der Waals surface area contributed by atoms with Crippen LogP contribution in [0.4, 0.5) is 0 Å². The lowest BCUT2D eigenvalue weighted by Gasteiger charge is -2.39. The van der Waals surface area contributed by atoms with Crippen LogP contribution in [0.5, 0.6) is 11.5 Å². The predicted molar refractivity (Wildman–Crippen MR) is 343 cm³/mol. The van der Waals surface area contributed by atoms with E-state index in [2.05, 4.69) is 248 Å². The van der Waals surface area contributed by atoms with Crippen LogP contribution < -0.4 is 4.74 Å². The number of nitrogens with zero attached hydrogens (tertiary/aromatic N) is 3. The Kier molecular flexibility index (Phi) is 12.6. The highest BCUT2D eigenvalue weighted by molar-refractivity contribution is 6.02. The van der Waals surface area contributed by atoms with E-state index in [1.165, 1.54) is 66.8 Å². The monoisotopic (exact) mass is 1060 g/mol. The van der Waals surface area contributed by atoms with Gasteiger partial charge in [0, 0.05) is 89.9 Å². The van der Waals surface area contributed by atoms with Gasteiger partial charge in [0.1, 0.15) is 11.5 Å². The van der Waals surface area contributed by atoms with Crippen molar-refractivity contribution < 1.29 is 4.74 Å². The Morgan fingerprint density at radius 2 is 0.753 bits per heavy atom. The maximum Gasteiger partial charge on any atom is 0.139 e. The zero-order valence-electron chi connectivity index (χ0n) is 50.5. The van der Waals surface area contributed by atoms with Gasteiger partial charge in [-0.05, 0) is 201 Å². The van der Waals surface area contributed by atoms with E-state index >= 15 is 0 Å². The quantitative estimate of drug-likeness (QED) is 0.180. The highest BCUT2D eigenvalue weighted by Crippen LogP contribution is 2.57. The Balaban J connectivity index is 1.28. The summed E-state index contributed by atoms with van der Waals surface area (Å²) >= 11 is 0. The second kappa shape index (κ2) is 19.2. The van der Waals surface area contributed by atoms with Crippen molar-refractivity contribution in [3.8, 4) is 67.1 Å². The third-order valence-electron chi connectivity index (χ3n) is 17.2. The molecule has 3 aliphatic rings. The summed E-state index contributed by atoms with van der Waals surface area (Å²) in [5, 5.41) is 0. The van der Waals surface area contributed by atoms with E-state index in [1.54, 1.807) is 0 Å². The first-order valence-electron chi connectivity index (χ1n) is 28.7. The lowest BCUT2D eigenvalue weighted by Crippen LogP contribution is -2.27. The molecule has 3 aliphatic heterocycles. The molecule has 5 aromatic carbocycles. The van der Waals surface area contributed by atoms with Crippen molar-refractivity contribution in [2.24, 2.45) is 0 Å². The number of fused-ring (bicyclic) bond motifs is 10. The minimum atomic E-state index is -0.484. The summed E-state index contributed by atoms with van der Waals surface area (Å²) in [6.45, 7) is 38.5. The molecule has 4 aromatic heterocycles. The SMILES string of the molecule is Cc1cc(C)c(-c2c3nc(c(-c4c(C)cc(C)cc4C)c4ccc([nH]4)c(-c4c(C)cc(C)cc4C)c4nc(c(-c5cc(C(C)(C)C)cc6c5Oc5c(-c7cccnc7)cc(C(C)(C)C)cc5C6(C)C)c5ccc2[nH]5)C=C4)C=C3)c(C)c1. The summed E-state index contributed by atoms with van der Waals surface area (Å²) < 4.78 is 7.71. The van der Waals surface area contributed by atoms with E-state index in [9.17, 15) is 0 Å². The van der Waals surface area contributed by atoms with Crippen LogP contribution in [0, 0.1) is 62.3 Å². The van der Waals surface area contributed by atoms with Crippen LogP contribution in [0.1, 0.15) is 150 Å². The second-order valence-corrected chi connectivity index (χ2v) is 26.1. The molecule has 6 heteroatoms. The van der Waals surface area contributed by atoms with Crippen LogP contribution in [-0.4, -0.2) is 24.9 Å². The predicted octanol–water partition coefficient (Wildman–Crippen LogP) is 20.2. The molecule has 0 fully saturated rings. The summed E-state index contributed by atoms with van der Waals surface area (Å²) in [6, 6.07) is 36.4. The fraction of sp³-hybridized carbons (Fsp3) is 0.267. The maximum atomic E-state index is 7.71. The van der Waals surface area contributed by atoms with E-state index in [4.69, 9.17) is 14.7 Å². The summed E-state index contributed by atoms with van der Waals surface area (Å²) in [6.07, 6.45) is 12.7. The molecule has 6 nitrogen and oxygen atoms in total. The van der Waals surface area contributed by atoms with Gasteiger partial charge >= 0.3 is 0 Å². The standard InChI is InChI=1S/C75H75N5O/c1-40-29-43(4)64(44(5)30-40)68-58-22-20-56(77-58)67(53-36-51(74(13,14)15)38-55-72(53)81-71-52(49-19-18-28-76-39-49)35-50(73(10,11)12)37-54(71)75(55,16)17)57-21-23-59(78-57)69(65-45(6)31-41(2)32-46(65)7)61-25-27-63(80-61)70(62-26-24-60(68)79-62)66-47(8)33-42(3)34-48(66)9/h18-39,77,80H,1-17H3. The summed E-state index contributed by atoms with van der Waals surface area (Å²) in [5.74, 6) is 1.68. The van der Waals surface area contributed by atoms with Gasteiger partial charge in [-0.25, -0.2) is 9.97 Å². The molecule has 12 rings (SSSR count). The average molecular weight is 1060 g/mol. The number of pyridine rings is 1. The highest BCUT2D eigenvalue weighted by atomic mass is 16.5. The molecule has 0 saturated heterocycles. The van der Waals surface area contributed by atoms with E-state index < -0.39 is 5.41 Å². The third kappa shape index (κ3) is 9.08. The van der Waals surface area contributed by atoms with Crippen molar-refractivity contribution in [1.82, 2.24) is 24.9 Å².